The third kappa shape index (κ3) is 1.89. The lowest BCUT2D eigenvalue weighted by atomic mass is 9.97. The maximum absolute atomic E-state index is 13.8. The van der Waals surface area contributed by atoms with Crippen molar-refractivity contribution in [2.24, 2.45) is 0 Å². The Labute approximate surface area is 116 Å². The molecule has 1 aliphatic rings. The van der Waals surface area contributed by atoms with Crippen LogP contribution in [0, 0.1) is 29.1 Å². The summed E-state index contributed by atoms with van der Waals surface area (Å²) in [6, 6.07) is 0. The van der Waals surface area contributed by atoms with Gasteiger partial charge in [-0.2, -0.15) is 0 Å². The number of benzene rings is 1. The van der Waals surface area contributed by atoms with Crippen molar-refractivity contribution in [2.75, 3.05) is 5.73 Å². The molecule has 8 heteroatoms. The fourth-order valence-corrected chi connectivity index (χ4v) is 2.59. The predicted octanol–water partition coefficient (Wildman–Crippen LogP) is 3.03. The van der Waals surface area contributed by atoms with Gasteiger partial charge in [0.1, 0.15) is 11.5 Å². The van der Waals surface area contributed by atoms with Gasteiger partial charge in [-0.25, -0.2) is 26.6 Å². The van der Waals surface area contributed by atoms with Gasteiger partial charge < -0.3 is 5.73 Å². The van der Waals surface area contributed by atoms with Crippen LogP contribution in [0.5, 0.6) is 0 Å². The summed E-state index contributed by atoms with van der Waals surface area (Å²) >= 11 is 0. The number of rotatable bonds is 1. The van der Waals surface area contributed by atoms with E-state index in [0.717, 1.165) is 17.5 Å². The van der Waals surface area contributed by atoms with Crippen LogP contribution in [-0.2, 0) is 12.8 Å². The van der Waals surface area contributed by atoms with Gasteiger partial charge in [0.05, 0.1) is 0 Å². The average molecular weight is 303 g/mol. The van der Waals surface area contributed by atoms with E-state index in [2.05, 4.69) is 5.10 Å². The Bertz CT molecular complexity index is 709. The molecule has 0 aliphatic heterocycles. The highest BCUT2D eigenvalue weighted by Crippen LogP contribution is 2.32. The Kier molecular flexibility index (Phi) is 3.11. The molecule has 0 atom stereocenters. The van der Waals surface area contributed by atoms with Crippen LogP contribution >= 0.6 is 0 Å². The lowest BCUT2D eigenvalue weighted by Crippen LogP contribution is -2.14. The summed E-state index contributed by atoms with van der Waals surface area (Å²) in [5, 5.41) is 3.75. The Morgan fingerprint density at radius 1 is 0.810 bits per heavy atom. The van der Waals surface area contributed by atoms with Crippen molar-refractivity contribution >= 4 is 5.82 Å². The Hall–Kier alpha value is -2.12. The van der Waals surface area contributed by atoms with Gasteiger partial charge in [-0.3, -0.25) is 0 Å². The molecule has 112 valence electrons. The van der Waals surface area contributed by atoms with Gasteiger partial charge >= 0.3 is 0 Å². The molecule has 21 heavy (non-hydrogen) atoms. The lowest BCUT2D eigenvalue weighted by Gasteiger charge is -2.15. The number of nitrogens with zero attached hydrogens (tertiary/aromatic N) is 2. The second-order valence-corrected chi connectivity index (χ2v) is 4.85. The van der Waals surface area contributed by atoms with Crippen LogP contribution in [0.25, 0.3) is 5.69 Å². The van der Waals surface area contributed by atoms with Gasteiger partial charge in [0.15, 0.2) is 23.3 Å². The summed E-state index contributed by atoms with van der Waals surface area (Å²) in [5.41, 5.74) is 5.58. The van der Waals surface area contributed by atoms with E-state index in [-0.39, 0.29) is 5.82 Å². The standard InChI is InChI=1S/C13H10F5N3/c14-7-8(15)10(17)12(11(18)9(7)16)21-6-4-2-1-3-5(6)13(19)20-21/h1-4H2,(H2,19,20). The smallest absolute Gasteiger partial charge is 0.200 e. The number of hydrogen-bond donors (Lipinski definition) is 1. The second kappa shape index (κ2) is 4.71. The van der Waals surface area contributed by atoms with E-state index in [1.807, 2.05) is 0 Å². The normalized spacial score (nSPS) is 14.3. The number of nitrogens with two attached hydrogens (primary N) is 1. The number of fused-ring (bicyclic) bond motifs is 1. The van der Waals surface area contributed by atoms with E-state index in [4.69, 9.17) is 5.73 Å². The van der Waals surface area contributed by atoms with Crippen LogP contribution in [-0.4, -0.2) is 9.78 Å². The fraction of sp³-hybridized carbons (Fsp3) is 0.308. The highest BCUT2D eigenvalue weighted by Gasteiger charge is 2.30. The van der Waals surface area contributed by atoms with E-state index >= 15 is 0 Å². The molecule has 0 bridgehead atoms. The average Bonchev–Trinajstić information content (AvgIpc) is 2.81. The number of anilines is 1. The molecular formula is C13H10F5N3. The zero-order valence-electron chi connectivity index (χ0n) is 10.7. The Morgan fingerprint density at radius 2 is 1.33 bits per heavy atom. The molecule has 3 nitrogen and oxygen atoms in total. The second-order valence-electron chi connectivity index (χ2n) is 4.85. The molecule has 0 spiro atoms. The number of nitrogen functional groups attached to an aromatic ring is 1. The van der Waals surface area contributed by atoms with Gasteiger partial charge in [0, 0.05) is 11.3 Å². The van der Waals surface area contributed by atoms with Crippen molar-refractivity contribution < 1.29 is 22.0 Å². The Balaban J connectivity index is 2.32. The first-order valence-corrected chi connectivity index (χ1v) is 6.31. The van der Waals surface area contributed by atoms with E-state index in [0.29, 0.717) is 24.1 Å². The van der Waals surface area contributed by atoms with Gasteiger partial charge in [-0.15, -0.1) is 5.10 Å². The number of aromatic nitrogens is 2. The monoisotopic (exact) mass is 303 g/mol. The first-order chi connectivity index (χ1) is 9.93. The minimum atomic E-state index is -2.19. The van der Waals surface area contributed by atoms with Crippen molar-refractivity contribution in [3.8, 4) is 5.69 Å². The maximum atomic E-state index is 13.8. The van der Waals surface area contributed by atoms with Crippen molar-refractivity contribution in [1.82, 2.24) is 9.78 Å². The van der Waals surface area contributed by atoms with E-state index in [1.54, 1.807) is 0 Å². The van der Waals surface area contributed by atoms with Crippen molar-refractivity contribution in [3.05, 3.63) is 40.3 Å². The van der Waals surface area contributed by atoms with Crippen molar-refractivity contribution in [2.45, 2.75) is 25.7 Å². The first-order valence-electron chi connectivity index (χ1n) is 6.31. The highest BCUT2D eigenvalue weighted by atomic mass is 19.2. The molecule has 0 saturated carbocycles. The van der Waals surface area contributed by atoms with Gasteiger partial charge in [0.25, 0.3) is 0 Å². The summed E-state index contributed by atoms with van der Waals surface area (Å²) in [5.74, 6) is -9.97. The molecule has 2 aromatic rings. The largest absolute Gasteiger partial charge is 0.382 e. The minimum absolute atomic E-state index is 0.0497. The highest BCUT2D eigenvalue weighted by molar-refractivity contribution is 5.49. The van der Waals surface area contributed by atoms with Crippen LogP contribution in [0.4, 0.5) is 27.8 Å². The summed E-state index contributed by atoms with van der Waals surface area (Å²) in [6.07, 6.45) is 2.54. The Morgan fingerprint density at radius 3 is 1.95 bits per heavy atom. The van der Waals surface area contributed by atoms with Crippen LogP contribution in [0.15, 0.2) is 0 Å². The van der Waals surface area contributed by atoms with E-state index in [1.165, 1.54) is 0 Å². The maximum Gasteiger partial charge on any atom is 0.200 e. The molecule has 2 N–H and O–H groups in total. The summed E-state index contributed by atoms with van der Waals surface area (Å²) in [6.45, 7) is 0. The molecule has 0 unspecified atom stereocenters. The van der Waals surface area contributed by atoms with E-state index < -0.39 is 34.8 Å². The molecule has 1 heterocycles. The van der Waals surface area contributed by atoms with Crippen LogP contribution in [0.2, 0.25) is 0 Å². The van der Waals surface area contributed by atoms with Gasteiger partial charge in [-0.05, 0) is 25.7 Å². The lowest BCUT2D eigenvalue weighted by molar-refractivity contribution is 0.373. The molecule has 0 saturated heterocycles. The number of hydrogen-bond acceptors (Lipinski definition) is 2. The molecule has 0 amide bonds. The molecule has 0 radical (unpaired) electrons. The minimum Gasteiger partial charge on any atom is -0.382 e. The SMILES string of the molecule is Nc1nn(-c2c(F)c(F)c(F)c(F)c2F)c2c1CCCC2. The summed E-state index contributed by atoms with van der Waals surface area (Å²) in [4.78, 5) is 0. The number of halogens is 5. The summed E-state index contributed by atoms with van der Waals surface area (Å²) in [7, 11) is 0. The van der Waals surface area contributed by atoms with Gasteiger partial charge in [-0.1, -0.05) is 0 Å². The predicted molar refractivity (Wildman–Crippen MR) is 64.4 cm³/mol. The molecule has 0 fully saturated rings. The zero-order chi connectivity index (χ0) is 15.3. The first kappa shape index (κ1) is 13.8. The topological polar surface area (TPSA) is 43.8 Å². The fourth-order valence-electron chi connectivity index (χ4n) is 2.59. The third-order valence-corrected chi connectivity index (χ3v) is 3.61. The molecular weight excluding hydrogens is 293 g/mol. The van der Waals surface area contributed by atoms with Crippen LogP contribution in [0.1, 0.15) is 24.1 Å². The van der Waals surface area contributed by atoms with Crippen molar-refractivity contribution in [1.29, 1.82) is 0 Å². The molecule has 3 rings (SSSR count). The van der Waals surface area contributed by atoms with Crippen LogP contribution in [0.3, 0.4) is 0 Å². The molecule has 1 aromatic carbocycles. The summed E-state index contributed by atoms with van der Waals surface area (Å²) < 4.78 is 68.1. The van der Waals surface area contributed by atoms with E-state index in [9.17, 15) is 22.0 Å². The third-order valence-electron chi connectivity index (χ3n) is 3.61. The van der Waals surface area contributed by atoms with Gasteiger partial charge in [0.2, 0.25) is 5.82 Å². The molecule has 1 aromatic heterocycles. The molecule has 1 aliphatic carbocycles. The zero-order valence-corrected chi connectivity index (χ0v) is 10.7. The van der Waals surface area contributed by atoms with Crippen molar-refractivity contribution in [3.63, 3.8) is 0 Å². The van der Waals surface area contributed by atoms with Crippen LogP contribution < -0.4 is 5.73 Å². The quantitative estimate of drug-likeness (QED) is 0.500.